The lowest BCUT2D eigenvalue weighted by Gasteiger charge is -2.33. The highest BCUT2D eigenvalue weighted by Gasteiger charge is 2.37. The minimum atomic E-state index is -4.01. The molecule has 1 aromatic rings. The fourth-order valence-corrected chi connectivity index (χ4v) is 4.28. The number of aryl methyl sites for hydroxylation is 1. The topological polar surface area (TPSA) is 74.7 Å². The van der Waals surface area contributed by atoms with Crippen LogP contribution >= 0.6 is 0 Å². The van der Waals surface area contributed by atoms with E-state index in [9.17, 15) is 17.6 Å². The smallest absolute Gasteiger partial charge is 0.307 e. The maximum Gasteiger partial charge on any atom is 0.307 e. The lowest BCUT2D eigenvalue weighted by molar-refractivity contribution is -0.143. The molecule has 1 aromatic carbocycles. The van der Waals surface area contributed by atoms with Gasteiger partial charge in [0.25, 0.3) is 0 Å². The predicted octanol–water partition coefficient (Wildman–Crippen LogP) is 1.87. The summed E-state index contributed by atoms with van der Waals surface area (Å²) in [5, 5.41) is 9.11. The number of rotatable bonds is 3. The molecule has 0 aliphatic carbocycles. The highest BCUT2D eigenvalue weighted by molar-refractivity contribution is 7.89. The van der Waals surface area contributed by atoms with Gasteiger partial charge in [0.2, 0.25) is 10.0 Å². The van der Waals surface area contributed by atoms with Gasteiger partial charge >= 0.3 is 5.97 Å². The molecule has 0 bridgehead atoms. The van der Waals surface area contributed by atoms with Crippen LogP contribution in [0.1, 0.15) is 18.9 Å². The Morgan fingerprint density at radius 2 is 2.05 bits per heavy atom. The number of piperidine rings is 1. The van der Waals surface area contributed by atoms with Crippen molar-refractivity contribution in [3.8, 4) is 0 Å². The number of hydrogen-bond acceptors (Lipinski definition) is 3. The van der Waals surface area contributed by atoms with Crippen LogP contribution in [0.2, 0.25) is 0 Å². The summed E-state index contributed by atoms with van der Waals surface area (Å²) in [6, 6.07) is 3.92. The number of nitrogens with zero attached hydrogens (tertiary/aromatic N) is 1. The Bertz CT molecular complexity index is 659. The summed E-state index contributed by atoms with van der Waals surface area (Å²) in [4.78, 5) is 10.7. The van der Waals surface area contributed by atoms with Gasteiger partial charge in [-0.1, -0.05) is 13.0 Å². The number of carbonyl (C=O) groups is 1. The van der Waals surface area contributed by atoms with Crippen molar-refractivity contribution in [1.29, 1.82) is 0 Å². The van der Waals surface area contributed by atoms with Crippen LogP contribution in [0.15, 0.2) is 23.1 Å². The van der Waals surface area contributed by atoms with E-state index in [0.29, 0.717) is 12.0 Å². The highest BCUT2D eigenvalue weighted by atomic mass is 32.2. The average Bonchev–Trinajstić information content (AvgIpc) is 2.37. The minimum Gasteiger partial charge on any atom is -0.481 e. The van der Waals surface area contributed by atoms with E-state index in [-0.39, 0.29) is 19.0 Å². The van der Waals surface area contributed by atoms with Gasteiger partial charge in [-0.05, 0) is 37.0 Å². The van der Waals surface area contributed by atoms with E-state index in [1.165, 1.54) is 12.1 Å². The zero-order valence-corrected chi connectivity index (χ0v) is 12.7. The summed E-state index contributed by atoms with van der Waals surface area (Å²) in [6.45, 7) is 3.56. The van der Waals surface area contributed by atoms with Gasteiger partial charge < -0.3 is 5.11 Å². The van der Waals surface area contributed by atoms with Crippen LogP contribution in [0.3, 0.4) is 0 Å². The standard InChI is InChI=1S/C14H18FNO4S/c1-9-3-4-13(12(15)6-9)21(19,20)16-7-10(2)5-11(8-16)14(17)18/h3-4,6,10-11H,5,7-8H2,1-2H3,(H,17,18). The fourth-order valence-electron chi connectivity index (χ4n) is 2.63. The molecule has 1 fully saturated rings. The zero-order chi connectivity index (χ0) is 15.8. The first-order valence-electron chi connectivity index (χ1n) is 6.71. The Balaban J connectivity index is 2.36. The number of carboxylic acids is 1. The lowest BCUT2D eigenvalue weighted by atomic mass is 9.92. The van der Waals surface area contributed by atoms with Crippen LogP contribution in [0.5, 0.6) is 0 Å². The van der Waals surface area contributed by atoms with Crippen LogP contribution in [0.4, 0.5) is 4.39 Å². The Morgan fingerprint density at radius 3 is 2.62 bits per heavy atom. The maximum absolute atomic E-state index is 13.9. The van der Waals surface area contributed by atoms with Crippen LogP contribution in [0.25, 0.3) is 0 Å². The molecule has 1 aliphatic rings. The second-order valence-corrected chi connectivity index (χ2v) is 7.54. The Labute approximate surface area is 123 Å². The summed E-state index contributed by atoms with van der Waals surface area (Å²) in [5.74, 6) is -2.66. The van der Waals surface area contributed by atoms with E-state index in [1.54, 1.807) is 13.8 Å². The quantitative estimate of drug-likeness (QED) is 0.924. The number of hydrogen-bond donors (Lipinski definition) is 1. The molecule has 0 amide bonds. The van der Waals surface area contributed by atoms with Gasteiger partial charge in [0.1, 0.15) is 10.7 Å². The van der Waals surface area contributed by atoms with Crippen LogP contribution in [0, 0.1) is 24.6 Å². The SMILES string of the molecule is Cc1ccc(S(=O)(=O)N2CC(C)CC(C(=O)O)C2)c(F)c1. The monoisotopic (exact) mass is 315 g/mol. The molecular weight excluding hydrogens is 297 g/mol. The van der Waals surface area contributed by atoms with Gasteiger partial charge in [-0.25, -0.2) is 12.8 Å². The summed E-state index contributed by atoms with van der Waals surface area (Å²) in [7, 11) is -4.01. The van der Waals surface area contributed by atoms with Crippen molar-refractivity contribution in [1.82, 2.24) is 4.31 Å². The second-order valence-electron chi connectivity index (χ2n) is 5.63. The molecule has 1 aliphatic heterocycles. The first kappa shape index (κ1) is 15.9. The van der Waals surface area contributed by atoms with E-state index >= 15 is 0 Å². The molecule has 0 aromatic heterocycles. The summed E-state index contributed by atoms with van der Waals surface area (Å²) in [6.07, 6.45) is 0.428. The first-order chi connectivity index (χ1) is 9.71. The van der Waals surface area contributed by atoms with Gasteiger partial charge in [-0.2, -0.15) is 4.31 Å². The summed E-state index contributed by atoms with van der Waals surface area (Å²) in [5.41, 5.74) is 0.627. The van der Waals surface area contributed by atoms with Crippen molar-refractivity contribution in [3.63, 3.8) is 0 Å². The van der Waals surface area contributed by atoms with E-state index in [0.717, 1.165) is 10.4 Å². The zero-order valence-electron chi connectivity index (χ0n) is 11.9. The normalized spacial score (nSPS) is 24.0. The van der Waals surface area contributed by atoms with E-state index in [4.69, 9.17) is 5.11 Å². The number of sulfonamides is 1. The number of halogens is 1. The molecule has 0 saturated carbocycles. The van der Waals surface area contributed by atoms with Crippen molar-refractivity contribution in [2.45, 2.75) is 25.2 Å². The summed E-state index contributed by atoms with van der Waals surface area (Å²) < 4.78 is 40.1. The van der Waals surface area contributed by atoms with Gasteiger partial charge in [0.05, 0.1) is 5.92 Å². The van der Waals surface area contributed by atoms with Crippen molar-refractivity contribution in [2.75, 3.05) is 13.1 Å². The predicted molar refractivity (Wildman–Crippen MR) is 74.8 cm³/mol. The molecule has 1 N–H and O–H groups in total. The van der Waals surface area contributed by atoms with Gasteiger partial charge in [-0.3, -0.25) is 4.79 Å². The lowest BCUT2D eigenvalue weighted by Crippen LogP contribution is -2.45. The van der Waals surface area contributed by atoms with Crippen molar-refractivity contribution in [3.05, 3.63) is 29.6 Å². The third kappa shape index (κ3) is 3.24. The molecule has 5 nitrogen and oxygen atoms in total. The molecule has 0 spiro atoms. The van der Waals surface area contributed by atoms with Gasteiger partial charge in [0, 0.05) is 13.1 Å². The molecule has 7 heteroatoms. The molecule has 2 unspecified atom stereocenters. The van der Waals surface area contributed by atoms with Crippen LogP contribution < -0.4 is 0 Å². The number of aliphatic carboxylic acids is 1. The van der Waals surface area contributed by atoms with Crippen LogP contribution in [-0.2, 0) is 14.8 Å². The van der Waals surface area contributed by atoms with E-state index < -0.39 is 32.6 Å². The maximum atomic E-state index is 13.9. The third-order valence-corrected chi connectivity index (χ3v) is 5.55. The van der Waals surface area contributed by atoms with Crippen molar-refractivity contribution >= 4 is 16.0 Å². The molecular formula is C14H18FNO4S. The highest BCUT2D eigenvalue weighted by Crippen LogP contribution is 2.28. The molecule has 116 valence electrons. The second kappa shape index (κ2) is 5.73. The molecule has 1 heterocycles. The van der Waals surface area contributed by atoms with Crippen LogP contribution in [-0.4, -0.2) is 36.9 Å². The molecule has 0 radical (unpaired) electrons. The average molecular weight is 315 g/mol. The molecule has 2 rings (SSSR count). The Hall–Kier alpha value is -1.47. The number of benzene rings is 1. The van der Waals surface area contributed by atoms with E-state index in [2.05, 4.69) is 0 Å². The fraction of sp³-hybridized carbons (Fsp3) is 0.500. The summed E-state index contributed by atoms with van der Waals surface area (Å²) >= 11 is 0. The van der Waals surface area contributed by atoms with Gasteiger partial charge in [0.15, 0.2) is 0 Å². The van der Waals surface area contributed by atoms with Crippen molar-refractivity contribution < 1.29 is 22.7 Å². The third-order valence-electron chi connectivity index (χ3n) is 3.68. The Kier molecular flexibility index (Phi) is 4.34. The van der Waals surface area contributed by atoms with Crippen molar-refractivity contribution in [2.24, 2.45) is 11.8 Å². The minimum absolute atomic E-state index is 0.0804. The van der Waals surface area contributed by atoms with E-state index in [1.807, 2.05) is 0 Å². The Morgan fingerprint density at radius 1 is 1.38 bits per heavy atom. The molecule has 21 heavy (non-hydrogen) atoms. The number of carboxylic acid groups (broad SMARTS) is 1. The molecule has 1 saturated heterocycles. The first-order valence-corrected chi connectivity index (χ1v) is 8.15. The molecule has 2 atom stereocenters. The van der Waals surface area contributed by atoms with Gasteiger partial charge in [-0.15, -0.1) is 0 Å². The largest absolute Gasteiger partial charge is 0.481 e.